The first-order chi connectivity index (χ1) is 11.8. The summed E-state index contributed by atoms with van der Waals surface area (Å²) in [6.45, 7) is 2.20. The Morgan fingerprint density at radius 1 is 1.32 bits per heavy atom. The van der Waals surface area contributed by atoms with Crippen molar-refractivity contribution in [2.24, 2.45) is 0 Å². The zero-order chi connectivity index (χ0) is 18.6. The van der Waals surface area contributed by atoms with Gasteiger partial charge in [0.2, 0.25) is 6.29 Å². The molecule has 25 heavy (non-hydrogen) atoms. The molecule has 0 bridgehead atoms. The molecule has 1 saturated heterocycles. The maximum absolute atomic E-state index is 12.0. The number of benzene rings is 1. The Bertz CT molecular complexity index is 598. The number of rotatable bonds is 6. The van der Waals surface area contributed by atoms with E-state index in [1.54, 1.807) is 5.32 Å². The predicted octanol–water partition coefficient (Wildman–Crippen LogP) is -2.09. The molecule has 8 N–H and O–H groups in total. The number of aliphatic hydroxyl groups excluding tert-OH is 3. The Morgan fingerprint density at radius 2 is 2.04 bits per heavy atom. The van der Waals surface area contributed by atoms with Crippen molar-refractivity contribution in [1.82, 2.24) is 0 Å². The number of ether oxygens (including phenoxy) is 2. The largest absolute Gasteiger partial charge is 0.507 e. The minimum absolute atomic E-state index is 0.124. The number of esters is 1. The summed E-state index contributed by atoms with van der Waals surface area (Å²) in [4.78, 5) is 12.0. The number of carbonyl (C=O) groups is 1. The number of anilines is 1. The second kappa shape index (κ2) is 8.45. The molecule has 1 fully saturated rings. The van der Waals surface area contributed by atoms with Crippen molar-refractivity contribution in [2.45, 2.75) is 44.0 Å². The van der Waals surface area contributed by atoms with Gasteiger partial charge in [-0.05, 0) is 24.6 Å². The summed E-state index contributed by atoms with van der Waals surface area (Å²) < 4.78 is 10.3. The molecule has 1 aliphatic heterocycles. The zero-order valence-electron chi connectivity index (χ0n) is 13.9. The first-order valence-electron chi connectivity index (χ1n) is 8.13. The maximum Gasteiger partial charge on any atom is 0.342 e. The van der Waals surface area contributed by atoms with Crippen LogP contribution >= 0.6 is 0 Å². The van der Waals surface area contributed by atoms with Gasteiger partial charge in [-0.2, -0.15) is 0 Å². The van der Waals surface area contributed by atoms with Crippen molar-refractivity contribution in [3.63, 3.8) is 0 Å². The van der Waals surface area contributed by atoms with Gasteiger partial charge in [0.05, 0.1) is 6.54 Å². The van der Waals surface area contributed by atoms with Gasteiger partial charge in [0.15, 0.2) is 6.04 Å². The predicted molar refractivity (Wildman–Crippen MR) is 86.6 cm³/mol. The Balaban J connectivity index is 1.96. The molecular weight excluding hydrogens is 332 g/mol. The quantitative estimate of drug-likeness (QED) is 0.192. The van der Waals surface area contributed by atoms with Gasteiger partial charge in [-0.3, -0.25) is 0 Å². The molecule has 9 nitrogen and oxygen atoms in total. The lowest BCUT2D eigenvalue weighted by Gasteiger charge is -2.38. The van der Waals surface area contributed by atoms with Gasteiger partial charge >= 0.3 is 5.97 Å². The van der Waals surface area contributed by atoms with Gasteiger partial charge in [0.1, 0.15) is 36.2 Å². The number of quaternary nitrogens is 1. The van der Waals surface area contributed by atoms with Gasteiger partial charge in [0, 0.05) is 5.69 Å². The molecule has 140 valence electrons. The standard InChI is InChI=1S/C16H24N2O7/c1-2-5-18-12-14(21)13(20)11(25-16(12)23)7-24-15(22)9-6-8(17)3-4-10(9)19/h3-4,6,11-14,16,18-21,23H,2,5,7,17H2,1H3/p+1/t11?,12?,13-,14+,16+/m0/s1. The van der Waals surface area contributed by atoms with Crippen LogP contribution in [0.5, 0.6) is 5.75 Å². The van der Waals surface area contributed by atoms with Crippen LogP contribution in [-0.4, -0.2) is 70.2 Å². The summed E-state index contributed by atoms with van der Waals surface area (Å²) in [6, 6.07) is 3.23. The summed E-state index contributed by atoms with van der Waals surface area (Å²) in [5.41, 5.74) is 5.72. The summed E-state index contributed by atoms with van der Waals surface area (Å²) in [7, 11) is 0. The van der Waals surface area contributed by atoms with E-state index < -0.39 is 43.2 Å². The van der Waals surface area contributed by atoms with Crippen molar-refractivity contribution < 1.29 is 40.0 Å². The van der Waals surface area contributed by atoms with Crippen molar-refractivity contribution in [1.29, 1.82) is 0 Å². The summed E-state index contributed by atoms with van der Waals surface area (Å²) in [6.07, 6.45) is -4.14. The molecule has 2 unspecified atom stereocenters. The highest BCUT2D eigenvalue weighted by Crippen LogP contribution is 2.22. The highest BCUT2D eigenvalue weighted by molar-refractivity contribution is 5.93. The number of phenolic OH excluding ortho intramolecular Hbond substituents is 1. The smallest absolute Gasteiger partial charge is 0.342 e. The second-order valence-corrected chi connectivity index (χ2v) is 6.02. The summed E-state index contributed by atoms with van der Waals surface area (Å²) >= 11 is 0. The monoisotopic (exact) mass is 357 g/mol. The van der Waals surface area contributed by atoms with E-state index in [0.29, 0.717) is 6.54 Å². The molecule has 1 heterocycles. The number of nitrogens with two attached hydrogens (primary N) is 2. The number of hydrogen-bond donors (Lipinski definition) is 6. The number of hydrogen-bond acceptors (Lipinski definition) is 8. The van der Waals surface area contributed by atoms with Crippen LogP contribution in [0.4, 0.5) is 5.69 Å². The van der Waals surface area contributed by atoms with Crippen LogP contribution in [0.25, 0.3) is 0 Å². The fraction of sp³-hybridized carbons (Fsp3) is 0.562. The summed E-state index contributed by atoms with van der Waals surface area (Å²) in [5.74, 6) is -1.15. The van der Waals surface area contributed by atoms with Crippen molar-refractivity contribution in [3.8, 4) is 5.75 Å². The van der Waals surface area contributed by atoms with Crippen LogP contribution in [0.2, 0.25) is 0 Å². The normalized spacial score (nSPS) is 29.4. The van der Waals surface area contributed by atoms with Crippen LogP contribution in [0.15, 0.2) is 18.2 Å². The molecule has 0 aliphatic carbocycles. The fourth-order valence-corrected chi connectivity index (χ4v) is 2.67. The third kappa shape index (κ3) is 4.59. The van der Waals surface area contributed by atoms with Gasteiger partial charge in [-0.25, -0.2) is 4.79 Å². The number of nitrogen functional groups attached to an aromatic ring is 1. The molecular formula is C16H25N2O7+. The van der Waals surface area contributed by atoms with Gasteiger partial charge < -0.3 is 41.0 Å². The first kappa shape index (κ1) is 19.4. The van der Waals surface area contributed by atoms with E-state index in [1.807, 2.05) is 6.92 Å². The number of carbonyl (C=O) groups excluding carboxylic acids is 1. The second-order valence-electron chi connectivity index (χ2n) is 6.02. The topological polar surface area (TPSA) is 159 Å². The number of aliphatic hydroxyl groups is 3. The van der Waals surface area contributed by atoms with E-state index in [9.17, 15) is 25.2 Å². The Kier molecular flexibility index (Phi) is 6.57. The van der Waals surface area contributed by atoms with Gasteiger partial charge in [-0.15, -0.1) is 0 Å². The average Bonchev–Trinajstić information content (AvgIpc) is 2.58. The zero-order valence-corrected chi connectivity index (χ0v) is 13.9. The van der Waals surface area contributed by atoms with Crippen molar-refractivity contribution >= 4 is 11.7 Å². The first-order valence-corrected chi connectivity index (χ1v) is 8.13. The molecule has 1 aliphatic rings. The molecule has 1 aromatic carbocycles. The van der Waals surface area contributed by atoms with Crippen molar-refractivity contribution in [3.05, 3.63) is 23.8 Å². The van der Waals surface area contributed by atoms with E-state index in [4.69, 9.17) is 15.2 Å². The lowest BCUT2D eigenvalue weighted by Crippen LogP contribution is -2.97. The lowest BCUT2D eigenvalue weighted by molar-refractivity contribution is -0.717. The third-order valence-electron chi connectivity index (χ3n) is 4.12. The molecule has 9 heteroatoms. The molecule has 5 atom stereocenters. The van der Waals surface area contributed by atoms with E-state index in [1.165, 1.54) is 18.2 Å². The van der Waals surface area contributed by atoms with Crippen LogP contribution in [-0.2, 0) is 9.47 Å². The molecule has 0 aromatic heterocycles. The summed E-state index contributed by atoms with van der Waals surface area (Å²) in [5, 5.41) is 41.7. The third-order valence-corrected chi connectivity index (χ3v) is 4.12. The van der Waals surface area contributed by atoms with E-state index in [-0.39, 0.29) is 17.0 Å². The van der Waals surface area contributed by atoms with E-state index in [2.05, 4.69) is 0 Å². The molecule has 2 rings (SSSR count). The minimum atomic E-state index is -1.33. The molecule has 1 aromatic rings. The van der Waals surface area contributed by atoms with Gasteiger partial charge in [0.25, 0.3) is 0 Å². The molecule has 0 spiro atoms. The maximum atomic E-state index is 12.0. The fourth-order valence-electron chi connectivity index (χ4n) is 2.67. The van der Waals surface area contributed by atoms with Crippen LogP contribution in [0.3, 0.4) is 0 Å². The Labute approximate surface area is 145 Å². The SMILES string of the molecule is CCC[NH2+]C1[C@H](O)OC(COC(=O)c2cc(N)ccc2O)[C@H](O)[C@@H]1O. The van der Waals surface area contributed by atoms with Crippen LogP contribution < -0.4 is 11.1 Å². The number of aromatic hydroxyl groups is 1. The van der Waals surface area contributed by atoms with Crippen LogP contribution in [0.1, 0.15) is 23.7 Å². The Morgan fingerprint density at radius 3 is 2.72 bits per heavy atom. The van der Waals surface area contributed by atoms with Crippen LogP contribution in [0, 0.1) is 0 Å². The molecule has 0 radical (unpaired) electrons. The van der Waals surface area contributed by atoms with E-state index in [0.717, 1.165) is 6.42 Å². The van der Waals surface area contributed by atoms with Crippen molar-refractivity contribution in [2.75, 3.05) is 18.9 Å². The molecule has 0 amide bonds. The number of phenols is 1. The van der Waals surface area contributed by atoms with Gasteiger partial charge in [-0.1, -0.05) is 6.92 Å². The molecule has 0 saturated carbocycles. The average molecular weight is 357 g/mol. The minimum Gasteiger partial charge on any atom is -0.507 e. The highest BCUT2D eigenvalue weighted by atomic mass is 16.6. The highest BCUT2D eigenvalue weighted by Gasteiger charge is 2.46. The Hall–Kier alpha value is -1.91. The van der Waals surface area contributed by atoms with E-state index >= 15 is 0 Å². The lowest BCUT2D eigenvalue weighted by atomic mass is 9.97.